The highest BCUT2D eigenvalue weighted by Crippen LogP contribution is 2.20. The molecule has 2 N–H and O–H groups in total. The van der Waals surface area contributed by atoms with Gasteiger partial charge in [-0.1, -0.05) is 12.1 Å². The molecule has 1 aliphatic rings. The number of ether oxygens (including phenoxy) is 1. The summed E-state index contributed by atoms with van der Waals surface area (Å²) in [5.74, 6) is 0.660. The summed E-state index contributed by atoms with van der Waals surface area (Å²) in [4.78, 5) is 13.5. The molecule has 1 aromatic rings. The number of rotatable bonds is 3. The first-order chi connectivity index (χ1) is 9.01. The van der Waals surface area contributed by atoms with Crippen LogP contribution in [0.1, 0.15) is 11.1 Å². The smallest absolute Gasteiger partial charge is 0.227 e. The van der Waals surface area contributed by atoms with Crippen LogP contribution in [-0.2, 0) is 11.2 Å². The molecule has 0 aromatic heterocycles. The number of methoxy groups -OCH3 is 1. The van der Waals surface area contributed by atoms with E-state index in [0.29, 0.717) is 0 Å². The Morgan fingerprint density at radius 3 is 2.58 bits per heavy atom. The molecule has 1 heterocycles. The minimum Gasteiger partial charge on any atom is -0.496 e. The number of aliphatic hydroxyl groups excluding tert-OH is 2. The van der Waals surface area contributed by atoms with E-state index in [2.05, 4.69) is 0 Å². The van der Waals surface area contributed by atoms with Crippen molar-refractivity contribution < 1.29 is 19.7 Å². The third-order valence-corrected chi connectivity index (χ3v) is 3.44. The average molecular weight is 265 g/mol. The topological polar surface area (TPSA) is 70.0 Å². The van der Waals surface area contributed by atoms with Crippen LogP contribution in [0.15, 0.2) is 18.2 Å². The molecule has 2 unspecified atom stereocenters. The van der Waals surface area contributed by atoms with Gasteiger partial charge in [0.05, 0.1) is 25.7 Å². The van der Waals surface area contributed by atoms with E-state index in [4.69, 9.17) is 4.74 Å². The third kappa shape index (κ3) is 3.05. The Balaban J connectivity index is 2.03. The number of carbonyl (C=O) groups is 1. The number of hydrogen-bond donors (Lipinski definition) is 2. The van der Waals surface area contributed by atoms with Crippen molar-refractivity contribution in [2.75, 3.05) is 20.2 Å². The van der Waals surface area contributed by atoms with Gasteiger partial charge < -0.3 is 19.8 Å². The van der Waals surface area contributed by atoms with Crippen molar-refractivity contribution in [2.24, 2.45) is 0 Å². The first kappa shape index (κ1) is 13.8. The molecule has 2 atom stereocenters. The van der Waals surface area contributed by atoms with E-state index < -0.39 is 12.2 Å². The van der Waals surface area contributed by atoms with Gasteiger partial charge in [-0.2, -0.15) is 0 Å². The molecular weight excluding hydrogens is 246 g/mol. The Kier molecular flexibility index (Phi) is 4.07. The molecule has 0 aliphatic carbocycles. The van der Waals surface area contributed by atoms with E-state index in [-0.39, 0.29) is 25.4 Å². The zero-order chi connectivity index (χ0) is 14.0. The van der Waals surface area contributed by atoms with Gasteiger partial charge in [-0.25, -0.2) is 0 Å². The van der Waals surface area contributed by atoms with E-state index in [1.807, 2.05) is 25.1 Å². The first-order valence-electron chi connectivity index (χ1n) is 6.28. The van der Waals surface area contributed by atoms with Crippen LogP contribution in [-0.4, -0.2) is 53.4 Å². The van der Waals surface area contributed by atoms with E-state index in [1.54, 1.807) is 7.11 Å². The van der Waals surface area contributed by atoms with Gasteiger partial charge in [0.2, 0.25) is 5.91 Å². The van der Waals surface area contributed by atoms with Crippen LogP contribution >= 0.6 is 0 Å². The molecule has 5 nitrogen and oxygen atoms in total. The van der Waals surface area contributed by atoms with Crippen molar-refractivity contribution in [3.05, 3.63) is 29.3 Å². The maximum atomic E-state index is 12.1. The van der Waals surface area contributed by atoms with Crippen LogP contribution in [0.4, 0.5) is 0 Å². The summed E-state index contributed by atoms with van der Waals surface area (Å²) < 4.78 is 5.22. The van der Waals surface area contributed by atoms with Crippen LogP contribution in [0.25, 0.3) is 0 Å². The summed E-state index contributed by atoms with van der Waals surface area (Å²) >= 11 is 0. The summed E-state index contributed by atoms with van der Waals surface area (Å²) in [6, 6.07) is 5.64. The number of benzene rings is 1. The molecule has 0 spiro atoms. The van der Waals surface area contributed by atoms with E-state index in [9.17, 15) is 15.0 Å². The minimum absolute atomic E-state index is 0.0958. The molecule has 104 valence electrons. The zero-order valence-electron chi connectivity index (χ0n) is 11.2. The number of nitrogens with zero attached hydrogens (tertiary/aromatic N) is 1. The van der Waals surface area contributed by atoms with Crippen LogP contribution in [0, 0.1) is 6.92 Å². The molecule has 0 saturated carbocycles. The Morgan fingerprint density at radius 1 is 1.37 bits per heavy atom. The molecule has 1 amide bonds. The monoisotopic (exact) mass is 265 g/mol. The second kappa shape index (κ2) is 5.59. The molecule has 19 heavy (non-hydrogen) atoms. The van der Waals surface area contributed by atoms with Gasteiger partial charge in [-0.15, -0.1) is 0 Å². The van der Waals surface area contributed by atoms with Gasteiger partial charge in [0, 0.05) is 13.1 Å². The molecule has 1 aliphatic heterocycles. The molecule has 1 aromatic carbocycles. The normalized spacial score (nSPS) is 22.6. The van der Waals surface area contributed by atoms with Gasteiger partial charge in [0.1, 0.15) is 5.75 Å². The summed E-state index contributed by atoms with van der Waals surface area (Å²) in [6.45, 7) is 2.34. The number of likely N-dealkylation sites (tertiary alicyclic amines) is 1. The maximum Gasteiger partial charge on any atom is 0.227 e. The van der Waals surface area contributed by atoms with Gasteiger partial charge in [0.15, 0.2) is 0 Å². The van der Waals surface area contributed by atoms with Gasteiger partial charge in [0.25, 0.3) is 0 Å². The number of amides is 1. The lowest BCUT2D eigenvalue weighted by atomic mass is 10.1. The van der Waals surface area contributed by atoms with Crippen LogP contribution in [0.5, 0.6) is 5.75 Å². The highest BCUT2D eigenvalue weighted by Gasteiger charge is 2.32. The molecule has 0 radical (unpaired) electrons. The Bertz CT molecular complexity index is 465. The standard InChI is InChI=1S/C14H19NO4/c1-9-3-4-10(5-13(9)19-2)6-14(18)15-7-11(16)12(17)8-15/h3-5,11-12,16-17H,6-8H2,1-2H3. The number of carbonyl (C=O) groups excluding carboxylic acids is 1. The van der Waals surface area contributed by atoms with Crippen molar-refractivity contribution in [3.63, 3.8) is 0 Å². The van der Waals surface area contributed by atoms with E-state index in [0.717, 1.165) is 16.9 Å². The predicted octanol–water partition coefficient (Wildman–Crippen LogP) is 0.110. The molecule has 0 bridgehead atoms. The Hall–Kier alpha value is -1.59. The van der Waals surface area contributed by atoms with Crippen LogP contribution in [0.3, 0.4) is 0 Å². The first-order valence-corrected chi connectivity index (χ1v) is 6.28. The quantitative estimate of drug-likeness (QED) is 0.814. The largest absolute Gasteiger partial charge is 0.496 e. The lowest BCUT2D eigenvalue weighted by Gasteiger charge is -2.15. The van der Waals surface area contributed by atoms with Crippen molar-refractivity contribution in [1.82, 2.24) is 4.90 Å². The third-order valence-electron chi connectivity index (χ3n) is 3.44. The van der Waals surface area contributed by atoms with Gasteiger partial charge >= 0.3 is 0 Å². The van der Waals surface area contributed by atoms with Crippen molar-refractivity contribution in [3.8, 4) is 5.75 Å². The zero-order valence-corrected chi connectivity index (χ0v) is 11.2. The summed E-state index contributed by atoms with van der Waals surface area (Å²) in [6.07, 6.45) is -1.43. The molecular formula is C14H19NO4. The number of aliphatic hydroxyl groups is 2. The second-order valence-electron chi connectivity index (χ2n) is 4.91. The Labute approximate surface area is 112 Å². The summed E-state index contributed by atoms with van der Waals surface area (Å²) in [7, 11) is 1.60. The number of hydrogen-bond acceptors (Lipinski definition) is 4. The van der Waals surface area contributed by atoms with Gasteiger partial charge in [-0.05, 0) is 24.1 Å². The van der Waals surface area contributed by atoms with Crippen molar-refractivity contribution >= 4 is 5.91 Å². The molecule has 1 saturated heterocycles. The SMILES string of the molecule is COc1cc(CC(=O)N2CC(O)C(O)C2)ccc1C. The summed E-state index contributed by atoms with van der Waals surface area (Å²) in [5.41, 5.74) is 1.88. The second-order valence-corrected chi connectivity index (χ2v) is 4.91. The van der Waals surface area contributed by atoms with E-state index in [1.165, 1.54) is 4.90 Å². The number of aryl methyl sites for hydroxylation is 1. The molecule has 1 fully saturated rings. The van der Waals surface area contributed by atoms with Crippen LogP contribution < -0.4 is 4.74 Å². The lowest BCUT2D eigenvalue weighted by Crippen LogP contribution is -2.31. The highest BCUT2D eigenvalue weighted by molar-refractivity contribution is 5.79. The fourth-order valence-corrected chi connectivity index (χ4v) is 2.23. The molecule has 2 rings (SSSR count). The minimum atomic E-state index is -0.837. The predicted molar refractivity (Wildman–Crippen MR) is 70.0 cm³/mol. The fraction of sp³-hybridized carbons (Fsp3) is 0.500. The summed E-state index contributed by atoms with van der Waals surface area (Å²) in [5, 5.41) is 18.9. The van der Waals surface area contributed by atoms with Crippen LogP contribution in [0.2, 0.25) is 0 Å². The van der Waals surface area contributed by atoms with Gasteiger partial charge in [-0.3, -0.25) is 4.79 Å². The highest BCUT2D eigenvalue weighted by atomic mass is 16.5. The van der Waals surface area contributed by atoms with Crippen molar-refractivity contribution in [2.45, 2.75) is 25.6 Å². The fourth-order valence-electron chi connectivity index (χ4n) is 2.23. The number of β-amino-alcohol motifs (C(OH)–C–C–N with tert-alkyl or cyclic N) is 2. The lowest BCUT2D eigenvalue weighted by molar-refractivity contribution is -0.129. The average Bonchev–Trinajstić information content (AvgIpc) is 2.72. The molecule has 5 heteroatoms. The maximum absolute atomic E-state index is 12.1. The Morgan fingerprint density at radius 2 is 2.00 bits per heavy atom. The van der Waals surface area contributed by atoms with E-state index >= 15 is 0 Å². The van der Waals surface area contributed by atoms with Crippen molar-refractivity contribution in [1.29, 1.82) is 0 Å².